The van der Waals surface area contributed by atoms with Gasteiger partial charge in [-0.1, -0.05) is 72.5 Å². The van der Waals surface area contributed by atoms with E-state index < -0.39 is 6.19 Å². The van der Waals surface area contributed by atoms with Gasteiger partial charge in [0.2, 0.25) is 0 Å². The molecule has 0 aromatic heterocycles. The van der Waals surface area contributed by atoms with Crippen LogP contribution in [0, 0.1) is 0 Å². The van der Waals surface area contributed by atoms with Gasteiger partial charge >= 0.3 is 0 Å². The molecule has 0 atom stereocenters. The number of rotatable bonds is 3. The van der Waals surface area contributed by atoms with Crippen LogP contribution in [0.4, 0.5) is 0 Å². The normalized spacial score (nSPS) is 10.6. The minimum absolute atomic E-state index is 1.04. The maximum absolute atomic E-state index is 5.75. The average Bonchev–Trinajstić information content (AvgIpc) is 2.41. The lowest BCUT2D eigenvalue weighted by Crippen LogP contribution is -2.13. The Morgan fingerprint density at radius 3 is 1.59 bits per heavy atom. The summed E-state index contributed by atoms with van der Waals surface area (Å²) < 4.78 is 4.29. The van der Waals surface area contributed by atoms with Crippen molar-refractivity contribution in [3.05, 3.63) is 60.7 Å². The average molecular weight is 275 g/mol. The highest BCUT2D eigenvalue weighted by molar-refractivity contribution is 8.21. The molecular formula is C13H10NPS2. The zero-order valence-electron chi connectivity index (χ0n) is 8.98. The molecule has 0 aliphatic carbocycles. The van der Waals surface area contributed by atoms with E-state index in [4.69, 9.17) is 24.0 Å². The van der Waals surface area contributed by atoms with Crippen molar-refractivity contribution in [3.8, 4) is 0 Å². The smallest absolute Gasteiger partial charge is 0.123 e. The van der Waals surface area contributed by atoms with Gasteiger partial charge in [-0.3, -0.25) is 0 Å². The van der Waals surface area contributed by atoms with Crippen molar-refractivity contribution in [2.24, 2.45) is 4.76 Å². The minimum atomic E-state index is -2.18. The predicted molar refractivity (Wildman–Crippen MR) is 81.5 cm³/mol. The first-order valence-electron chi connectivity index (χ1n) is 5.08. The third-order valence-corrected chi connectivity index (χ3v) is 6.51. The number of nitrogens with zero attached hydrogens (tertiary/aromatic N) is 1. The summed E-state index contributed by atoms with van der Waals surface area (Å²) in [5.41, 5.74) is 0. The van der Waals surface area contributed by atoms with Gasteiger partial charge in [0, 0.05) is 10.6 Å². The van der Waals surface area contributed by atoms with Gasteiger partial charge in [-0.05, 0) is 12.2 Å². The maximum Gasteiger partial charge on any atom is 0.123 e. The third kappa shape index (κ3) is 2.59. The lowest BCUT2D eigenvalue weighted by molar-refractivity contribution is 1.73. The van der Waals surface area contributed by atoms with E-state index in [2.05, 4.69) is 9.92 Å². The number of isothiocyanates is 1. The predicted octanol–water partition coefficient (Wildman–Crippen LogP) is 3.13. The fraction of sp³-hybridized carbons (Fsp3) is 0. The zero-order chi connectivity index (χ0) is 12.1. The Balaban J connectivity index is 2.64. The number of thiocarbonyl (C=S) groups is 1. The van der Waals surface area contributed by atoms with Crippen molar-refractivity contribution in [2.75, 3.05) is 0 Å². The molecule has 0 saturated carbocycles. The van der Waals surface area contributed by atoms with Gasteiger partial charge in [-0.25, -0.2) is 0 Å². The van der Waals surface area contributed by atoms with E-state index in [1.54, 1.807) is 0 Å². The van der Waals surface area contributed by atoms with Crippen LogP contribution in [0.2, 0.25) is 0 Å². The summed E-state index contributed by atoms with van der Waals surface area (Å²) >= 11 is 10.5. The monoisotopic (exact) mass is 275 g/mol. The van der Waals surface area contributed by atoms with Crippen LogP contribution in [0.5, 0.6) is 0 Å². The molecule has 2 aromatic rings. The number of benzene rings is 2. The summed E-state index contributed by atoms with van der Waals surface area (Å²) in [5, 5.41) is 4.54. The van der Waals surface area contributed by atoms with E-state index in [0.29, 0.717) is 0 Å². The van der Waals surface area contributed by atoms with Crippen molar-refractivity contribution in [1.82, 2.24) is 0 Å². The first-order valence-corrected chi connectivity index (χ1v) is 8.24. The first kappa shape index (κ1) is 12.3. The van der Waals surface area contributed by atoms with Crippen LogP contribution >= 0.6 is 18.4 Å². The van der Waals surface area contributed by atoms with E-state index in [1.807, 2.05) is 60.7 Å². The Kier molecular flexibility index (Phi) is 3.98. The first-order chi connectivity index (χ1) is 8.27. The Bertz CT molecular complexity index is 546. The molecule has 0 bridgehead atoms. The van der Waals surface area contributed by atoms with E-state index >= 15 is 0 Å². The molecule has 0 amide bonds. The Hall–Kier alpha value is -1.11. The molecule has 1 nitrogen and oxygen atoms in total. The van der Waals surface area contributed by atoms with Gasteiger partial charge in [0.25, 0.3) is 0 Å². The zero-order valence-corrected chi connectivity index (χ0v) is 11.5. The third-order valence-electron chi connectivity index (χ3n) is 2.39. The topological polar surface area (TPSA) is 12.4 Å². The van der Waals surface area contributed by atoms with Crippen LogP contribution in [-0.2, 0) is 11.8 Å². The Morgan fingerprint density at radius 1 is 0.824 bits per heavy atom. The molecule has 2 aromatic carbocycles. The maximum atomic E-state index is 5.75. The van der Waals surface area contributed by atoms with Gasteiger partial charge in [0.05, 0.1) is 5.16 Å². The van der Waals surface area contributed by atoms with Gasteiger partial charge in [-0.15, -0.1) is 0 Å². The molecule has 0 radical (unpaired) electrons. The molecule has 0 aliphatic heterocycles. The molecule has 4 heteroatoms. The highest BCUT2D eigenvalue weighted by atomic mass is 32.4. The molecule has 0 heterocycles. The molecule has 17 heavy (non-hydrogen) atoms. The van der Waals surface area contributed by atoms with Gasteiger partial charge in [0.1, 0.15) is 6.19 Å². The van der Waals surface area contributed by atoms with Crippen LogP contribution < -0.4 is 10.6 Å². The highest BCUT2D eigenvalue weighted by Crippen LogP contribution is 2.44. The van der Waals surface area contributed by atoms with Crippen LogP contribution in [0.3, 0.4) is 0 Å². The summed E-state index contributed by atoms with van der Waals surface area (Å²) in [6.45, 7) is 0. The lowest BCUT2D eigenvalue weighted by Gasteiger charge is -2.16. The van der Waals surface area contributed by atoms with Crippen molar-refractivity contribution >= 4 is 46.0 Å². The van der Waals surface area contributed by atoms with E-state index in [-0.39, 0.29) is 0 Å². The molecule has 0 fully saturated rings. The molecule has 0 saturated heterocycles. The van der Waals surface area contributed by atoms with Gasteiger partial charge in [0.15, 0.2) is 0 Å². The number of hydrogen-bond acceptors (Lipinski definition) is 2. The van der Waals surface area contributed by atoms with Crippen molar-refractivity contribution in [1.29, 1.82) is 0 Å². The highest BCUT2D eigenvalue weighted by Gasteiger charge is 2.20. The van der Waals surface area contributed by atoms with Crippen LogP contribution in [0.1, 0.15) is 0 Å². The summed E-state index contributed by atoms with van der Waals surface area (Å²) in [4.78, 5) is 0. The quantitative estimate of drug-likeness (QED) is 0.485. The van der Waals surface area contributed by atoms with E-state index in [0.717, 1.165) is 10.6 Å². The molecule has 2 rings (SSSR count). The van der Waals surface area contributed by atoms with Crippen LogP contribution in [-0.4, -0.2) is 5.16 Å². The summed E-state index contributed by atoms with van der Waals surface area (Å²) in [6, 6.07) is 19.8. The fourth-order valence-corrected chi connectivity index (χ4v) is 4.75. The lowest BCUT2D eigenvalue weighted by atomic mass is 10.4. The van der Waals surface area contributed by atoms with Crippen LogP contribution in [0.25, 0.3) is 0 Å². The largest absolute Gasteiger partial charge is 0.190 e. The second-order valence-electron chi connectivity index (χ2n) is 3.44. The van der Waals surface area contributed by atoms with E-state index in [1.165, 1.54) is 0 Å². The summed E-state index contributed by atoms with van der Waals surface area (Å²) in [5.74, 6) is 0. The standard InChI is InChI=1S/C13H10NPS2/c16-11-14-15(17,12-7-3-1-4-8-12)13-9-5-2-6-10-13/h1-10H. The molecule has 0 spiro atoms. The molecule has 0 N–H and O–H groups in total. The van der Waals surface area contributed by atoms with Crippen molar-refractivity contribution in [3.63, 3.8) is 0 Å². The Labute approximate surface area is 111 Å². The Morgan fingerprint density at radius 2 is 1.24 bits per heavy atom. The summed E-state index contributed by atoms with van der Waals surface area (Å²) in [6.07, 6.45) is -2.18. The summed E-state index contributed by atoms with van der Waals surface area (Å²) in [7, 11) is 0. The SMILES string of the molecule is S=C=NP(=S)(c1ccccc1)c1ccccc1. The second-order valence-corrected chi connectivity index (χ2v) is 7.59. The van der Waals surface area contributed by atoms with Gasteiger partial charge < -0.3 is 0 Å². The van der Waals surface area contributed by atoms with Crippen molar-refractivity contribution in [2.45, 2.75) is 0 Å². The van der Waals surface area contributed by atoms with Crippen molar-refractivity contribution < 1.29 is 0 Å². The fourth-order valence-electron chi connectivity index (χ4n) is 1.58. The molecular weight excluding hydrogens is 265 g/mol. The molecule has 0 aliphatic rings. The van der Waals surface area contributed by atoms with Gasteiger partial charge in [-0.2, -0.15) is 4.76 Å². The second kappa shape index (κ2) is 5.48. The molecule has 0 unspecified atom stereocenters. The van der Waals surface area contributed by atoms with E-state index in [9.17, 15) is 0 Å². The minimum Gasteiger partial charge on any atom is -0.190 e. The number of hydrogen-bond donors (Lipinski definition) is 0. The van der Waals surface area contributed by atoms with Crippen LogP contribution in [0.15, 0.2) is 65.4 Å². The molecule has 84 valence electrons.